The lowest BCUT2D eigenvalue weighted by Crippen LogP contribution is -2.30. The van der Waals surface area contributed by atoms with Crippen LogP contribution in [0.2, 0.25) is 0 Å². The average Bonchev–Trinajstić information content (AvgIpc) is 2.89. The highest BCUT2D eigenvalue weighted by Crippen LogP contribution is 2.27. The van der Waals surface area contributed by atoms with Crippen molar-refractivity contribution in [2.24, 2.45) is 0 Å². The number of ether oxygens (including phenoxy) is 2. The van der Waals surface area contributed by atoms with Gasteiger partial charge in [0.2, 0.25) is 0 Å². The summed E-state index contributed by atoms with van der Waals surface area (Å²) in [6, 6.07) is 5.49. The van der Waals surface area contributed by atoms with Gasteiger partial charge < -0.3 is 14.8 Å². The maximum absolute atomic E-state index is 11.9. The number of amides is 1. The van der Waals surface area contributed by atoms with Crippen LogP contribution in [0.3, 0.4) is 0 Å². The number of hydrogen-bond donors (Lipinski definition) is 1. The van der Waals surface area contributed by atoms with Gasteiger partial charge in [0.15, 0.2) is 0 Å². The summed E-state index contributed by atoms with van der Waals surface area (Å²) in [6.07, 6.45) is 2.33. The Morgan fingerprint density at radius 1 is 1.55 bits per heavy atom. The lowest BCUT2D eigenvalue weighted by molar-refractivity contribution is 0.0677. The summed E-state index contributed by atoms with van der Waals surface area (Å²) in [5.74, 6) is 0.660. The Bertz CT molecular complexity index is 470. The number of halogens is 1. The second-order valence-corrected chi connectivity index (χ2v) is 6.07. The molecule has 0 radical (unpaired) electrons. The van der Waals surface area contributed by atoms with E-state index in [4.69, 9.17) is 9.47 Å². The van der Waals surface area contributed by atoms with Crippen molar-refractivity contribution in [1.29, 1.82) is 0 Å². The first-order valence-corrected chi connectivity index (χ1v) is 7.70. The van der Waals surface area contributed by atoms with Crippen LogP contribution in [0.4, 0.5) is 0 Å². The minimum atomic E-state index is -0.0774. The molecule has 1 saturated heterocycles. The molecule has 0 spiro atoms. The Labute approximate surface area is 128 Å². The normalized spacial score (nSPS) is 18.3. The van der Waals surface area contributed by atoms with Gasteiger partial charge in [0.1, 0.15) is 12.4 Å². The van der Waals surface area contributed by atoms with Crippen molar-refractivity contribution < 1.29 is 14.3 Å². The Hall–Kier alpha value is -1.07. The van der Waals surface area contributed by atoms with Gasteiger partial charge >= 0.3 is 0 Å². The minimum Gasteiger partial charge on any atom is -0.490 e. The molecule has 1 aliphatic heterocycles. The summed E-state index contributed by atoms with van der Waals surface area (Å²) in [5, 5.41) is 2.86. The van der Waals surface area contributed by atoms with E-state index in [9.17, 15) is 4.79 Å². The molecule has 1 amide bonds. The molecule has 1 atom stereocenters. The number of nitrogens with one attached hydrogen (secondary N) is 1. The van der Waals surface area contributed by atoms with Gasteiger partial charge in [0, 0.05) is 18.2 Å². The fourth-order valence-corrected chi connectivity index (χ4v) is 2.56. The van der Waals surface area contributed by atoms with Crippen LogP contribution < -0.4 is 10.1 Å². The second-order valence-electron chi connectivity index (χ2n) is 5.22. The molecule has 1 aromatic carbocycles. The zero-order valence-corrected chi connectivity index (χ0v) is 13.4. The molecule has 1 fully saturated rings. The Balaban J connectivity index is 1.96. The first kappa shape index (κ1) is 15.3. The van der Waals surface area contributed by atoms with Crippen molar-refractivity contribution in [1.82, 2.24) is 5.32 Å². The van der Waals surface area contributed by atoms with Crippen LogP contribution in [-0.4, -0.2) is 31.3 Å². The molecule has 1 N–H and O–H groups in total. The number of rotatable bonds is 5. The van der Waals surface area contributed by atoms with Crippen LogP contribution in [0.15, 0.2) is 22.7 Å². The molecule has 0 bridgehead atoms. The number of benzene rings is 1. The maximum atomic E-state index is 11.9. The third kappa shape index (κ3) is 4.21. The largest absolute Gasteiger partial charge is 0.490 e. The molecule has 4 nitrogen and oxygen atoms in total. The summed E-state index contributed by atoms with van der Waals surface area (Å²) < 4.78 is 12.0. The molecule has 0 aliphatic carbocycles. The third-order valence-corrected chi connectivity index (χ3v) is 3.68. The van der Waals surface area contributed by atoms with Gasteiger partial charge in [-0.2, -0.15) is 0 Å². The van der Waals surface area contributed by atoms with Crippen LogP contribution in [0.25, 0.3) is 0 Å². The maximum Gasteiger partial charge on any atom is 0.251 e. The van der Waals surface area contributed by atoms with Crippen molar-refractivity contribution in [2.45, 2.75) is 38.8 Å². The standard InChI is InChI=1S/C15H20BrNO3/c1-10(2)17-15(18)11-5-6-14(13(16)8-11)20-9-12-4-3-7-19-12/h5-6,8,10,12H,3-4,7,9H2,1-2H3,(H,17,18). The Morgan fingerprint density at radius 2 is 2.35 bits per heavy atom. The summed E-state index contributed by atoms with van der Waals surface area (Å²) in [5.41, 5.74) is 0.620. The highest BCUT2D eigenvalue weighted by Gasteiger charge is 2.17. The van der Waals surface area contributed by atoms with Crippen molar-refractivity contribution in [3.05, 3.63) is 28.2 Å². The van der Waals surface area contributed by atoms with E-state index in [0.29, 0.717) is 12.2 Å². The summed E-state index contributed by atoms with van der Waals surface area (Å²) >= 11 is 3.45. The number of carbonyl (C=O) groups excluding carboxylic acids is 1. The first-order chi connectivity index (χ1) is 9.56. The van der Waals surface area contributed by atoms with Gasteiger partial charge in [-0.05, 0) is 60.8 Å². The molecule has 110 valence electrons. The molecule has 2 rings (SSSR count). The predicted octanol–water partition coefficient (Wildman–Crippen LogP) is 3.15. The summed E-state index contributed by atoms with van der Waals surface area (Å²) in [4.78, 5) is 11.9. The van der Waals surface area contributed by atoms with Crippen LogP contribution >= 0.6 is 15.9 Å². The van der Waals surface area contributed by atoms with Crippen LogP contribution in [0.5, 0.6) is 5.75 Å². The summed E-state index contributed by atoms with van der Waals surface area (Å²) in [6.45, 7) is 5.25. The van der Waals surface area contributed by atoms with Crippen molar-refractivity contribution >= 4 is 21.8 Å². The van der Waals surface area contributed by atoms with E-state index in [1.165, 1.54) is 0 Å². The fourth-order valence-electron chi connectivity index (χ4n) is 2.06. The molecule has 5 heteroatoms. The molecule has 1 unspecified atom stereocenters. The zero-order valence-electron chi connectivity index (χ0n) is 11.8. The van der Waals surface area contributed by atoms with Crippen LogP contribution in [-0.2, 0) is 4.74 Å². The van der Waals surface area contributed by atoms with E-state index in [1.807, 2.05) is 19.9 Å². The average molecular weight is 342 g/mol. The molecule has 1 heterocycles. The van der Waals surface area contributed by atoms with Gasteiger partial charge in [-0.3, -0.25) is 4.79 Å². The molecular weight excluding hydrogens is 322 g/mol. The fraction of sp³-hybridized carbons (Fsp3) is 0.533. The zero-order chi connectivity index (χ0) is 14.5. The van der Waals surface area contributed by atoms with Crippen molar-refractivity contribution in [2.75, 3.05) is 13.2 Å². The lowest BCUT2D eigenvalue weighted by atomic mass is 10.2. The third-order valence-electron chi connectivity index (χ3n) is 3.06. The van der Waals surface area contributed by atoms with E-state index in [1.54, 1.807) is 12.1 Å². The van der Waals surface area contributed by atoms with Crippen LogP contribution in [0, 0.1) is 0 Å². The molecular formula is C15H20BrNO3. The molecule has 0 saturated carbocycles. The van der Waals surface area contributed by atoms with Gasteiger partial charge in [0.25, 0.3) is 5.91 Å². The lowest BCUT2D eigenvalue weighted by Gasteiger charge is -2.14. The van der Waals surface area contributed by atoms with Gasteiger partial charge in [0.05, 0.1) is 10.6 Å². The topological polar surface area (TPSA) is 47.6 Å². The monoisotopic (exact) mass is 341 g/mol. The number of carbonyl (C=O) groups is 1. The summed E-state index contributed by atoms with van der Waals surface area (Å²) in [7, 11) is 0. The highest BCUT2D eigenvalue weighted by molar-refractivity contribution is 9.10. The Morgan fingerprint density at radius 3 is 2.95 bits per heavy atom. The van der Waals surface area contributed by atoms with E-state index >= 15 is 0 Å². The van der Waals surface area contributed by atoms with E-state index in [-0.39, 0.29) is 18.1 Å². The van der Waals surface area contributed by atoms with E-state index in [2.05, 4.69) is 21.2 Å². The smallest absolute Gasteiger partial charge is 0.251 e. The predicted molar refractivity (Wildman–Crippen MR) is 81.2 cm³/mol. The van der Waals surface area contributed by atoms with Gasteiger partial charge in [-0.15, -0.1) is 0 Å². The SMILES string of the molecule is CC(C)NC(=O)c1ccc(OCC2CCCO2)c(Br)c1. The number of hydrogen-bond acceptors (Lipinski definition) is 3. The highest BCUT2D eigenvalue weighted by atomic mass is 79.9. The first-order valence-electron chi connectivity index (χ1n) is 6.91. The Kier molecular flexibility index (Phi) is 5.43. The molecule has 0 aromatic heterocycles. The van der Waals surface area contributed by atoms with Gasteiger partial charge in [-0.25, -0.2) is 0 Å². The van der Waals surface area contributed by atoms with Gasteiger partial charge in [-0.1, -0.05) is 0 Å². The molecule has 1 aromatic rings. The van der Waals surface area contributed by atoms with E-state index in [0.717, 1.165) is 29.7 Å². The van der Waals surface area contributed by atoms with Crippen molar-refractivity contribution in [3.8, 4) is 5.75 Å². The van der Waals surface area contributed by atoms with E-state index < -0.39 is 0 Å². The van der Waals surface area contributed by atoms with Crippen LogP contribution in [0.1, 0.15) is 37.0 Å². The second kappa shape index (κ2) is 7.09. The minimum absolute atomic E-state index is 0.0774. The quantitative estimate of drug-likeness (QED) is 0.894. The van der Waals surface area contributed by atoms with Crippen molar-refractivity contribution in [3.63, 3.8) is 0 Å². The molecule has 20 heavy (non-hydrogen) atoms. The molecule has 1 aliphatic rings.